The molecule has 2 nitrogen and oxygen atoms in total. The van der Waals surface area contributed by atoms with Crippen LogP contribution in [0, 0.1) is 0 Å². The number of nitrogens with two attached hydrogens (primary N) is 1. The molecule has 0 aromatic heterocycles. The number of hydrogen-bond acceptors (Lipinski definition) is 2. The van der Waals surface area contributed by atoms with Crippen molar-refractivity contribution in [2.45, 2.75) is 37.8 Å². The number of aliphatic hydroxyl groups is 1. The molecule has 0 bridgehead atoms. The third-order valence-corrected chi connectivity index (χ3v) is 1.90. The van der Waals surface area contributed by atoms with Gasteiger partial charge >= 0.3 is 0 Å². The summed E-state index contributed by atoms with van der Waals surface area (Å²) in [5, 5.41) is 9.19. The van der Waals surface area contributed by atoms with Crippen LogP contribution in [-0.2, 0) is 0 Å². The van der Waals surface area contributed by atoms with Crippen LogP contribution in [0.3, 0.4) is 0 Å². The minimum atomic E-state index is -0.258. The topological polar surface area (TPSA) is 46.2 Å². The Morgan fingerprint density at radius 2 is 2.10 bits per heavy atom. The van der Waals surface area contributed by atoms with Crippen molar-refractivity contribution in [3.63, 3.8) is 0 Å². The first-order chi connectivity index (χ1) is 4.79. The number of allylic oxidation sites excluding steroid dienone is 1. The van der Waals surface area contributed by atoms with Crippen LogP contribution in [0.2, 0.25) is 0 Å². The van der Waals surface area contributed by atoms with E-state index in [1.165, 1.54) is 0 Å². The van der Waals surface area contributed by atoms with Gasteiger partial charge in [0.05, 0.1) is 6.10 Å². The summed E-state index contributed by atoms with van der Waals surface area (Å²) in [7, 11) is 0. The van der Waals surface area contributed by atoms with Crippen LogP contribution in [0.25, 0.3) is 0 Å². The van der Waals surface area contributed by atoms with Gasteiger partial charge in [0.2, 0.25) is 0 Å². The van der Waals surface area contributed by atoms with E-state index in [1.807, 2.05) is 12.2 Å². The molecule has 0 saturated heterocycles. The van der Waals surface area contributed by atoms with Gasteiger partial charge in [0.15, 0.2) is 0 Å². The lowest BCUT2D eigenvalue weighted by Gasteiger charge is -2.14. The first kappa shape index (κ1) is 7.76. The lowest BCUT2D eigenvalue weighted by atomic mass is 10.0. The zero-order valence-electron chi connectivity index (χ0n) is 6.16. The van der Waals surface area contributed by atoms with Crippen molar-refractivity contribution in [3.05, 3.63) is 12.2 Å². The Hall–Kier alpha value is -0.340. The predicted octanol–water partition coefficient (Wildman–Crippen LogP) is 0.805. The zero-order chi connectivity index (χ0) is 7.40. The van der Waals surface area contributed by atoms with Crippen molar-refractivity contribution >= 4 is 0 Å². The van der Waals surface area contributed by atoms with Gasteiger partial charge in [-0.1, -0.05) is 12.2 Å². The largest absolute Gasteiger partial charge is 0.389 e. The first-order valence-electron chi connectivity index (χ1n) is 3.89. The molecule has 0 aliphatic heterocycles. The smallest absolute Gasteiger partial charge is 0.0721 e. The SMILES string of the molecule is NC1CC/C=C/C(O)CC1. The summed E-state index contributed by atoms with van der Waals surface area (Å²) in [6, 6.07) is 0.291. The van der Waals surface area contributed by atoms with Crippen molar-refractivity contribution in [1.82, 2.24) is 0 Å². The molecule has 2 atom stereocenters. The molecule has 0 saturated carbocycles. The third kappa shape index (κ3) is 2.50. The van der Waals surface area contributed by atoms with Gasteiger partial charge in [-0.2, -0.15) is 0 Å². The van der Waals surface area contributed by atoms with Gasteiger partial charge in [-0.25, -0.2) is 0 Å². The summed E-state index contributed by atoms with van der Waals surface area (Å²) < 4.78 is 0. The molecule has 0 spiro atoms. The summed E-state index contributed by atoms with van der Waals surface area (Å²) in [5.41, 5.74) is 5.72. The highest BCUT2D eigenvalue weighted by Gasteiger charge is 2.07. The Labute approximate surface area is 61.7 Å². The maximum absolute atomic E-state index is 9.19. The fraction of sp³-hybridized carbons (Fsp3) is 0.750. The van der Waals surface area contributed by atoms with Crippen LogP contribution < -0.4 is 5.73 Å². The molecule has 58 valence electrons. The highest BCUT2D eigenvalue weighted by Crippen LogP contribution is 2.10. The van der Waals surface area contributed by atoms with E-state index in [4.69, 9.17) is 5.73 Å². The number of aliphatic hydroxyl groups excluding tert-OH is 1. The Morgan fingerprint density at radius 3 is 2.90 bits per heavy atom. The summed E-state index contributed by atoms with van der Waals surface area (Å²) in [6.07, 6.45) is 7.46. The van der Waals surface area contributed by atoms with E-state index in [2.05, 4.69) is 0 Å². The van der Waals surface area contributed by atoms with E-state index in [9.17, 15) is 5.11 Å². The van der Waals surface area contributed by atoms with Gasteiger partial charge in [-0.3, -0.25) is 0 Å². The van der Waals surface area contributed by atoms with Crippen LogP contribution in [0.5, 0.6) is 0 Å². The molecular weight excluding hydrogens is 126 g/mol. The van der Waals surface area contributed by atoms with Gasteiger partial charge in [-0.15, -0.1) is 0 Å². The third-order valence-electron chi connectivity index (χ3n) is 1.90. The van der Waals surface area contributed by atoms with Gasteiger partial charge in [0, 0.05) is 6.04 Å². The highest BCUT2D eigenvalue weighted by atomic mass is 16.3. The number of rotatable bonds is 0. The second kappa shape index (κ2) is 3.74. The van der Waals surface area contributed by atoms with Crippen LogP contribution in [0.15, 0.2) is 12.2 Å². The maximum Gasteiger partial charge on any atom is 0.0721 e. The molecular formula is C8H15NO. The molecule has 2 heteroatoms. The van der Waals surface area contributed by atoms with Crippen molar-refractivity contribution in [1.29, 1.82) is 0 Å². The zero-order valence-corrected chi connectivity index (χ0v) is 6.16. The van der Waals surface area contributed by atoms with Gasteiger partial charge < -0.3 is 10.8 Å². The standard InChI is InChI=1S/C8H15NO/c9-7-3-1-2-4-8(10)6-5-7/h2,4,7-8,10H,1,3,5-6,9H2/b4-2+. The normalized spacial score (nSPS) is 38.2. The minimum Gasteiger partial charge on any atom is -0.389 e. The molecule has 1 aliphatic rings. The molecule has 1 aliphatic carbocycles. The van der Waals surface area contributed by atoms with Crippen LogP contribution in [-0.4, -0.2) is 17.3 Å². The lowest BCUT2D eigenvalue weighted by molar-refractivity contribution is 0.202. The highest BCUT2D eigenvalue weighted by molar-refractivity contribution is 4.91. The average Bonchev–Trinajstić information content (AvgIpc) is 1.90. The Bertz CT molecular complexity index is 122. The fourth-order valence-electron chi connectivity index (χ4n) is 1.19. The quantitative estimate of drug-likeness (QED) is 0.490. The molecule has 0 aromatic carbocycles. The maximum atomic E-state index is 9.19. The van der Waals surface area contributed by atoms with E-state index in [1.54, 1.807) is 0 Å². The van der Waals surface area contributed by atoms with E-state index in [0.717, 1.165) is 25.7 Å². The Balaban J connectivity index is 2.38. The summed E-state index contributed by atoms with van der Waals surface area (Å²) in [4.78, 5) is 0. The predicted molar refractivity (Wildman–Crippen MR) is 41.6 cm³/mol. The lowest BCUT2D eigenvalue weighted by Crippen LogP contribution is -2.22. The van der Waals surface area contributed by atoms with E-state index >= 15 is 0 Å². The molecule has 0 fully saturated rings. The summed E-state index contributed by atoms with van der Waals surface area (Å²) >= 11 is 0. The van der Waals surface area contributed by atoms with Crippen LogP contribution in [0.1, 0.15) is 25.7 Å². The van der Waals surface area contributed by atoms with Crippen molar-refractivity contribution in [2.75, 3.05) is 0 Å². The molecule has 0 radical (unpaired) electrons. The van der Waals surface area contributed by atoms with E-state index in [0.29, 0.717) is 6.04 Å². The fourth-order valence-corrected chi connectivity index (χ4v) is 1.19. The van der Waals surface area contributed by atoms with Crippen molar-refractivity contribution in [2.24, 2.45) is 5.73 Å². The van der Waals surface area contributed by atoms with Crippen molar-refractivity contribution < 1.29 is 5.11 Å². The van der Waals surface area contributed by atoms with Gasteiger partial charge in [0.25, 0.3) is 0 Å². The Morgan fingerprint density at radius 1 is 1.30 bits per heavy atom. The van der Waals surface area contributed by atoms with E-state index in [-0.39, 0.29) is 6.10 Å². The van der Waals surface area contributed by atoms with Gasteiger partial charge in [-0.05, 0) is 25.7 Å². The molecule has 0 aromatic rings. The van der Waals surface area contributed by atoms with E-state index < -0.39 is 0 Å². The summed E-state index contributed by atoms with van der Waals surface area (Å²) in [5.74, 6) is 0. The number of hydrogen-bond donors (Lipinski definition) is 2. The molecule has 10 heavy (non-hydrogen) atoms. The second-order valence-corrected chi connectivity index (χ2v) is 2.91. The summed E-state index contributed by atoms with van der Waals surface area (Å²) in [6.45, 7) is 0. The second-order valence-electron chi connectivity index (χ2n) is 2.91. The average molecular weight is 141 g/mol. The molecule has 2 unspecified atom stereocenters. The molecule has 0 heterocycles. The van der Waals surface area contributed by atoms with Crippen LogP contribution >= 0.6 is 0 Å². The minimum absolute atomic E-state index is 0.258. The van der Waals surface area contributed by atoms with Gasteiger partial charge in [0.1, 0.15) is 0 Å². The van der Waals surface area contributed by atoms with Crippen molar-refractivity contribution in [3.8, 4) is 0 Å². The molecule has 1 rings (SSSR count). The monoisotopic (exact) mass is 141 g/mol. The first-order valence-corrected chi connectivity index (χ1v) is 3.89. The molecule has 0 amide bonds. The molecule has 3 N–H and O–H groups in total. The Kier molecular flexibility index (Phi) is 2.90. The van der Waals surface area contributed by atoms with Crippen LogP contribution in [0.4, 0.5) is 0 Å².